The smallest absolute Gasteiger partial charge is 0.123 e. The minimum absolute atomic E-state index is 0.173. The Morgan fingerprint density at radius 3 is 2.81 bits per heavy atom. The number of para-hydroxylation sites is 1. The highest BCUT2D eigenvalue weighted by Gasteiger charge is 2.37. The van der Waals surface area contributed by atoms with E-state index >= 15 is 0 Å². The third kappa shape index (κ3) is 1.94. The SMILES string of the molecule is CCC1CCC(N)(c2ccccc2OC)C1. The molecule has 88 valence electrons. The maximum Gasteiger partial charge on any atom is 0.123 e. The van der Waals surface area contributed by atoms with Crippen LogP contribution in [0.15, 0.2) is 24.3 Å². The number of ether oxygens (including phenoxy) is 1. The molecule has 1 saturated carbocycles. The third-order valence-corrected chi connectivity index (χ3v) is 3.87. The monoisotopic (exact) mass is 219 g/mol. The summed E-state index contributed by atoms with van der Waals surface area (Å²) < 4.78 is 5.41. The summed E-state index contributed by atoms with van der Waals surface area (Å²) in [6.07, 6.45) is 4.63. The van der Waals surface area contributed by atoms with Crippen LogP contribution < -0.4 is 10.5 Å². The van der Waals surface area contributed by atoms with E-state index in [1.807, 2.05) is 18.2 Å². The lowest BCUT2D eigenvalue weighted by molar-refractivity contribution is 0.370. The van der Waals surface area contributed by atoms with Crippen LogP contribution in [0.1, 0.15) is 38.2 Å². The Morgan fingerprint density at radius 2 is 2.19 bits per heavy atom. The highest BCUT2D eigenvalue weighted by molar-refractivity contribution is 5.39. The molecular weight excluding hydrogens is 198 g/mol. The number of hydrogen-bond donors (Lipinski definition) is 1. The van der Waals surface area contributed by atoms with Crippen LogP contribution in [0.4, 0.5) is 0 Å². The predicted octanol–water partition coefficient (Wildman–Crippen LogP) is 3.06. The Morgan fingerprint density at radius 1 is 1.44 bits per heavy atom. The summed E-state index contributed by atoms with van der Waals surface area (Å²) >= 11 is 0. The fraction of sp³-hybridized carbons (Fsp3) is 0.571. The Labute approximate surface area is 97.8 Å². The van der Waals surface area contributed by atoms with Crippen molar-refractivity contribution in [2.75, 3.05) is 7.11 Å². The standard InChI is InChI=1S/C14H21NO/c1-3-11-8-9-14(15,10-11)12-6-4-5-7-13(12)16-2/h4-7,11H,3,8-10,15H2,1-2H3. The summed E-state index contributed by atoms with van der Waals surface area (Å²) in [7, 11) is 1.72. The van der Waals surface area contributed by atoms with Gasteiger partial charge in [0.05, 0.1) is 7.11 Å². The molecule has 2 unspecified atom stereocenters. The lowest BCUT2D eigenvalue weighted by Gasteiger charge is -2.26. The molecule has 0 heterocycles. The van der Waals surface area contributed by atoms with Crippen molar-refractivity contribution < 1.29 is 4.74 Å². The first-order valence-electron chi connectivity index (χ1n) is 6.12. The van der Waals surface area contributed by atoms with E-state index in [-0.39, 0.29) is 5.54 Å². The molecule has 1 aliphatic carbocycles. The van der Waals surface area contributed by atoms with Crippen molar-refractivity contribution >= 4 is 0 Å². The van der Waals surface area contributed by atoms with Gasteiger partial charge in [-0.2, -0.15) is 0 Å². The van der Waals surface area contributed by atoms with Gasteiger partial charge in [0.25, 0.3) is 0 Å². The van der Waals surface area contributed by atoms with Gasteiger partial charge < -0.3 is 10.5 Å². The van der Waals surface area contributed by atoms with E-state index in [4.69, 9.17) is 10.5 Å². The molecule has 1 aliphatic rings. The molecule has 1 aromatic rings. The zero-order valence-electron chi connectivity index (χ0n) is 10.2. The highest BCUT2D eigenvalue weighted by Crippen LogP contribution is 2.44. The average Bonchev–Trinajstić information content (AvgIpc) is 2.72. The molecule has 0 aliphatic heterocycles. The summed E-state index contributed by atoms with van der Waals surface area (Å²) in [6.45, 7) is 2.25. The van der Waals surface area contributed by atoms with Crippen molar-refractivity contribution in [1.29, 1.82) is 0 Å². The van der Waals surface area contributed by atoms with E-state index in [1.165, 1.54) is 18.4 Å². The molecule has 0 bridgehead atoms. The van der Waals surface area contributed by atoms with E-state index < -0.39 is 0 Å². The average molecular weight is 219 g/mol. The summed E-state index contributed by atoms with van der Waals surface area (Å²) in [5.41, 5.74) is 7.54. The number of nitrogens with two attached hydrogens (primary N) is 1. The van der Waals surface area contributed by atoms with Crippen molar-refractivity contribution in [1.82, 2.24) is 0 Å². The zero-order chi connectivity index (χ0) is 11.6. The maximum atomic E-state index is 6.54. The van der Waals surface area contributed by atoms with E-state index in [1.54, 1.807) is 7.11 Å². The van der Waals surface area contributed by atoms with Crippen LogP contribution in [0.3, 0.4) is 0 Å². The molecule has 16 heavy (non-hydrogen) atoms. The lowest BCUT2D eigenvalue weighted by atomic mass is 9.87. The summed E-state index contributed by atoms with van der Waals surface area (Å²) in [4.78, 5) is 0. The first-order valence-corrected chi connectivity index (χ1v) is 6.12. The van der Waals surface area contributed by atoms with Gasteiger partial charge >= 0.3 is 0 Å². The molecule has 0 saturated heterocycles. The molecule has 0 amide bonds. The van der Waals surface area contributed by atoms with Crippen LogP contribution in [0.2, 0.25) is 0 Å². The first kappa shape index (κ1) is 11.5. The molecular formula is C14H21NO. The molecule has 2 atom stereocenters. The number of benzene rings is 1. The van der Waals surface area contributed by atoms with Gasteiger partial charge in [-0.1, -0.05) is 31.5 Å². The molecule has 0 radical (unpaired) electrons. The van der Waals surface area contributed by atoms with Gasteiger partial charge in [-0.25, -0.2) is 0 Å². The minimum Gasteiger partial charge on any atom is -0.496 e. The van der Waals surface area contributed by atoms with E-state index in [0.29, 0.717) is 0 Å². The van der Waals surface area contributed by atoms with Gasteiger partial charge in [0, 0.05) is 11.1 Å². The fourth-order valence-electron chi connectivity index (χ4n) is 2.83. The number of rotatable bonds is 3. The number of hydrogen-bond acceptors (Lipinski definition) is 2. The molecule has 2 N–H and O–H groups in total. The van der Waals surface area contributed by atoms with Crippen molar-refractivity contribution in [3.63, 3.8) is 0 Å². The predicted molar refractivity (Wildman–Crippen MR) is 66.5 cm³/mol. The number of methoxy groups -OCH3 is 1. The summed E-state index contributed by atoms with van der Waals surface area (Å²) in [6, 6.07) is 8.16. The summed E-state index contributed by atoms with van der Waals surface area (Å²) in [5.74, 6) is 1.71. The van der Waals surface area contributed by atoms with E-state index in [0.717, 1.165) is 24.5 Å². The van der Waals surface area contributed by atoms with Crippen molar-refractivity contribution in [3.8, 4) is 5.75 Å². The van der Waals surface area contributed by atoms with Crippen LogP contribution >= 0.6 is 0 Å². The van der Waals surface area contributed by atoms with Crippen LogP contribution in [-0.2, 0) is 5.54 Å². The Balaban J connectivity index is 2.29. The minimum atomic E-state index is -0.173. The fourth-order valence-corrected chi connectivity index (χ4v) is 2.83. The summed E-state index contributed by atoms with van der Waals surface area (Å²) in [5, 5.41) is 0. The van der Waals surface area contributed by atoms with Gasteiger partial charge in [0.1, 0.15) is 5.75 Å². The molecule has 2 heteroatoms. The van der Waals surface area contributed by atoms with Gasteiger partial charge in [-0.3, -0.25) is 0 Å². The second-order valence-corrected chi connectivity index (χ2v) is 4.87. The van der Waals surface area contributed by atoms with Gasteiger partial charge in [0.15, 0.2) is 0 Å². The van der Waals surface area contributed by atoms with Gasteiger partial charge in [-0.15, -0.1) is 0 Å². The van der Waals surface area contributed by atoms with E-state index in [2.05, 4.69) is 13.0 Å². The molecule has 0 spiro atoms. The van der Waals surface area contributed by atoms with Crippen molar-refractivity contribution in [2.24, 2.45) is 11.7 Å². The third-order valence-electron chi connectivity index (χ3n) is 3.87. The van der Waals surface area contributed by atoms with Gasteiger partial charge in [-0.05, 0) is 31.2 Å². The van der Waals surface area contributed by atoms with Crippen LogP contribution in [0.25, 0.3) is 0 Å². The maximum absolute atomic E-state index is 6.54. The molecule has 2 rings (SSSR count). The molecule has 0 aromatic heterocycles. The molecule has 2 nitrogen and oxygen atoms in total. The van der Waals surface area contributed by atoms with Crippen LogP contribution in [0.5, 0.6) is 5.75 Å². The van der Waals surface area contributed by atoms with E-state index in [9.17, 15) is 0 Å². The first-order chi connectivity index (χ1) is 7.69. The normalized spacial score (nSPS) is 29.3. The largest absolute Gasteiger partial charge is 0.496 e. The van der Waals surface area contributed by atoms with Crippen LogP contribution in [-0.4, -0.2) is 7.11 Å². The lowest BCUT2D eigenvalue weighted by Crippen LogP contribution is -2.34. The zero-order valence-corrected chi connectivity index (χ0v) is 10.2. The second-order valence-electron chi connectivity index (χ2n) is 4.87. The Hall–Kier alpha value is -1.02. The highest BCUT2D eigenvalue weighted by atomic mass is 16.5. The Bertz CT molecular complexity index is 364. The Kier molecular flexibility index (Phi) is 3.20. The van der Waals surface area contributed by atoms with Crippen LogP contribution in [0, 0.1) is 5.92 Å². The van der Waals surface area contributed by atoms with Crippen molar-refractivity contribution in [2.45, 2.75) is 38.1 Å². The molecule has 1 fully saturated rings. The quantitative estimate of drug-likeness (QED) is 0.848. The second kappa shape index (κ2) is 4.46. The van der Waals surface area contributed by atoms with Crippen molar-refractivity contribution in [3.05, 3.63) is 29.8 Å². The molecule has 1 aromatic carbocycles. The van der Waals surface area contributed by atoms with Gasteiger partial charge in [0.2, 0.25) is 0 Å². The topological polar surface area (TPSA) is 35.2 Å².